The number of amides is 2. The van der Waals surface area contributed by atoms with E-state index in [1.54, 1.807) is 31.4 Å². The molecule has 0 spiro atoms. The Morgan fingerprint density at radius 3 is 2.12 bits per heavy atom. The summed E-state index contributed by atoms with van der Waals surface area (Å²) in [5.41, 5.74) is 0.700. The number of rotatable bonds is 10. The predicted molar refractivity (Wildman–Crippen MR) is 98.1 cm³/mol. The number of thioether (sulfide) groups is 1. The van der Waals surface area contributed by atoms with Crippen LogP contribution in [0, 0.1) is 0 Å². The Labute approximate surface area is 156 Å². The summed E-state index contributed by atoms with van der Waals surface area (Å²) in [6.07, 6.45) is -0.941. The van der Waals surface area contributed by atoms with Gasteiger partial charge in [-0.05, 0) is 17.7 Å². The number of aliphatic hydroxyl groups is 1. The van der Waals surface area contributed by atoms with E-state index in [1.807, 2.05) is 0 Å². The van der Waals surface area contributed by atoms with Crippen LogP contribution in [0.2, 0.25) is 0 Å². The van der Waals surface area contributed by atoms with Crippen molar-refractivity contribution >= 4 is 29.5 Å². The van der Waals surface area contributed by atoms with Crippen LogP contribution in [0.25, 0.3) is 0 Å². The second kappa shape index (κ2) is 10.7. The molecule has 0 aliphatic heterocycles. The van der Waals surface area contributed by atoms with Gasteiger partial charge in [0.2, 0.25) is 11.8 Å². The Morgan fingerprint density at radius 1 is 1.08 bits per heavy atom. The highest BCUT2D eigenvalue weighted by atomic mass is 32.2. The molecule has 2 amide bonds. The summed E-state index contributed by atoms with van der Waals surface area (Å²) in [6.45, 7) is 2.60. The topological polar surface area (TPSA) is 125 Å². The number of carboxylic acids is 1. The molecule has 0 radical (unpaired) electrons. The van der Waals surface area contributed by atoms with Crippen LogP contribution in [0.5, 0.6) is 5.75 Å². The Bertz CT molecular complexity index is 622. The molecule has 9 heteroatoms. The Morgan fingerprint density at radius 2 is 1.65 bits per heavy atom. The average Bonchev–Trinajstić information content (AvgIpc) is 2.58. The zero-order chi connectivity index (χ0) is 19.7. The number of hydrogen-bond acceptors (Lipinski definition) is 6. The van der Waals surface area contributed by atoms with Gasteiger partial charge in [-0.2, -0.15) is 11.8 Å². The number of ether oxygens (including phenoxy) is 1. The smallest absolute Gasteiger partial charge is 0.327 e. The molecule has 4 N–H and O–H groups in total. The Balaban J connectivity index is 2.73. The van der Waals surface area contributed by atoms with Gasteiger partial charge in [0.05, 0.1) is 19.3 Å². The molecule has 3 unspecified atom stereocenters. The molecule has 26 heavy (non-hydrogen) atoms. The first-order chi connectivity index (χ1) is 12.2. The Hall–Kier alpha value is -2.26. The fourth-order valence-electron chi connectivity index (χ4n) is 2.25. The number of carbonyl (C=O) groups excluding carboxylic acids is 2. The van der Waals surface area contributed by atoms with Gasteiger partial charge in [0.1, 0.15) is 11.8 Å². The van der Waals surface area contributed by atoms with Gasteiger partial charge in [0.25, 0.3) is 0 Å². The lowest BCUT2D eigenvalue weighted by molar-refractivity contribution is -0.140. The number of carbonyl (C=O) groups is 3. The summed E-state index contributed by atoms with van der Waals surface area (Å²) in [7, 11) is 1.54. The number of methoxy groups -OCH3 is 1. The molecule has 0 fully saturated rings. The number of aliphatic hydroxyl groups excluding tert-OH is 1. The average molecular weight is 384 g/mol. The van der Waals surface area contributed by atoms with E-state index in [4.69, 9.17) is 9.84 Å². The molecule has 0 saturated heterocycles. The van der Waals surface area contributed by atoms with Crippen LogP contribution in [-0.4, -0.2) is 58.8 Å². The molecule has 0 aliphatic rings. The number of benzene rings is 1. The molecule has 8 nitrogen and oxygen atoms in total. The van der Waals surface area contributed by atoms with Crippen LogP contribution < -0.4 is 15.4 Å². The van der Waals surface area contributed by atoms with Gasteiger partial charge in [-0.25, -0.2) is 4.79 Å². The second-order valence-corrected chi connectivity index (χ2v) is 6.72. The first-order valence-corrected chi connectivity index (χ1v) is 9.06. The second-order valence-electron chi connectivity index (χ2n) is 5.65. The normalized spacial score (nSPS) is 14.0. The van der Waals surface area contributed by atoms with Gasteiger partial charge in [-0.3, -0.25) is 9.59 Å². The lowest BCUT2D eigenvalue weighted by Crippen LogP contribution is -2.42. The minimum atomic E-state index is -1.14. The third kappa shape index (κ3) is 7.32. The van der Waals surface area contributed by atoms with E-state index in [0.717, 1.165) is 0 Å². The standard InChI is InChI=1S/C17H24N2O6S/c1-10(20)18-14(17(23)24)8-26-9-15(22)16(19-11(2)21)12-4-6-13(25-3)7-5-12/h4-7,14-16,22H,8-9H2,1-3H3,(H,18,20)(H,19,21)(H,23,24). The molecule has 0 bridgehead atoms. The maximum atomic E-state index is 11.5. The highest BCUT2D eigenvalue weighted by Crippen LogP contribution is 2.23. The zero-order valence-electron chi connectivity index (χ0n) is 14.9. The fourth-order valence-corrected chi connectivity index (χ4v) is 3.29. The zero-order valence-corrected chi connectivity index (χ0v) is 15.7. The minimum Gasteiger partial charge on any atom is -0.497 e. The van der Waals surface area contributed by atoms with E-state index in [1.165, 1.54) is 25.6 Å². The molecule has 1 aromatic rings. The van der Waals surface area contributed by atoms with Crippen molar-refractivity contribution in [2.24, 2.45) is 0 Å². The summed E-state index contributed by atoms with van der Waals surface area (Å²) in [5, 5.41) is 24.6. The predicted octanol–water partition coefficient (Wildman–Crippen LogP) is 0.556. The van der Waals surface area contributed by atoms with Crippen molar-refractivity contribution in [2.75, 3.05) is 18.6 Å². The number of aliphatic carboxylic acids is 1. The summed E-state index contributed by atoms with van der Waals surface area (Å²) in [4.78, 5) is 33.6. The van der Waals surface area contributed by atoms with Crippen molar-refractivity contribution in [3.8, 4) is 5.75 Å². The van der Waals surface area contributed by atoms with Crippen LogP contribution in [0.3, 0.4) is 0 Å². The molecule has 0 saturated carbocycles. The fraction of sp³-hybridized carbons (Fsp3) is 0.471. The largest absolute Gasteiger partial charge is 0.497 e. The maximum absolute atomic E-state index is 11.5. The quantitative estimate of drug-likeness (QED) is 0.464. The SMILES string of the molecule is COc1ccc(C(NC(C)=O)C(O)CSCC(NC(C)=O)C(=O)O)cc1. The van der Waals surface area contributed by atoms with Gasteiger partial charge in [-0.1, -0.05) is 12.1 Å². The lowest BCUT2D eigenvalue weighted by atomic mass is 10.0. The lowest BCUT2D eigenvalue weighted by Gasteiger charge is -2.24. The van der Waals surface area contributed by atoms with Crippen molar-refractivity contribution in [1.82, 2.24) is 10.6 Å². The van der Waals surface area contributed by atoms with Crippen LogP contribution in [-0.2, 0) is 14.4 Å². The Kier molecular flexibility index (Phi) is 8.94. The number of carboxylic acid groups (broad SMARTS) is 1. The highest BCUT2D eigenvalue weighted by Gasteiger charge is 2.24. The minimum absolute atomic E-state index is 0.0986. The van der Waals surface area contributed by atoms with Crippen LogP contribution in [0.15, 0.2) is 24.3 Å². The molecular formula is C17H24N2O6S. The summed E-state index contributed by atoms with van der Waals surface area (Å²) in [5.74, 6) is -0.944. The van der Waals surface area contributed by atoms with E-state index in [0.29, 0.717) is 11.3 Å². The molecule has 0 heterocycles. The van der Waals surface area contributed by atoms with Crippen molar-refractivity contribution in [3.63, 3.8) is 0 Å². The van der Waals surface area contributed by atoms with Gasteiger partial charge < -0.3 is 25.6 Å². The van der Waals surface area contributed by atoms with Crippen molar-refractivity contribution in [2.45, 2.75) is 32.0 Å². The third-order valence-corrected chi connectivity index (χ3v) is 4.61. The molecule has 1 rings (SSSR count). The molecule has 0 aromatic heterocycles. The van der Waals surface area contributed by atoms with E-state index in [-0.39, 0.29) is 17.4 Å². The van der Waals surface area contributed by atoms with Crippen molar-refractivity contribution in [3.05, 3.63) is 29.8 Å². The van der Waals surface area contributed by atoms with Crippen LogP contribution in [0.1, 0.15) is 25.5 Å². The monoisotopic (exact) mass is 384 g/mol. The van der Waals surface area contributed by atoms with Crippen molar-refractivity contribution in [1.29, 1.82) is 0 Å². The first kappa shape index (κ1) is 21.8. The van der Waals surface area contributed by atoms with E-state index in [2.05, 4.69) is 10.6 Å². The molecule has 1 aromatic carbocycles. The molecular weight excluding hydrogens is 360 g/mol. The number of hydrogen-bond donors (Lipinski definition) is 4. The number of nitrogens with one attached hydrogen (secondary N) is 2. The van der Waals surface area contributed by atoms with Crippen molar-refractivity contribution < 1.29 is 29.3 Å². The van der Waals surface area contributed by atoms with Gasteiger partial charge >= 0.3 is 5.97 Å². The molecule has 3 atom stereocenters. The summed E-state index contributed by atoms with van der Waals surface area (Å²) < 4.78 is 5.09. The van der Waals surface area contributed by atoms with Gasteiger partial charge in [0, 0.05) is 25.4 Å². The van der Waals surface area contributed by atoms with Gasteiger partial charge in [0.15, 0.2) is 0 Å². The first-order valence-electron chi connectivity index (χ1n) is 7.91. The highest BCUT2D eigenvalue weighted by molar-refractivity contribution is 7.99. The summed E-state index contributed by atoms with van der Waals surface area (Å²) >= 11 is 1.18. The van der Waals surface area contributed by atoms with Crippen LogP contribution in [0.4, 0.5) is 0 Å². The van der Waals surface area contributed by atoms with E-state index < -0.39 is 30.1 Å². The van der Waals surface area contributed by atoms with Crippen LogP contribution >= 0.6 is 11.8 Å². The van der Waals surface area contributed by atoms with E-state index >= 15 is 0 Å². The maximum Gasteiger partial charge on any atom is 0.327 e. The third-order valence-electron chi connectivity index (χ3n) is 3.47. The molecule has 0 aliphatic carbocycles. The summed E-state index contributed by atoms with van der Waals surface area (Å²) in [6, 6.07) is 5.25. The van der Waals surface area contributed by atoms with E-state index in [9.17, 15) is 19.5 Å². The van der Waals surface area contributed by atoms with Gasteiger partial charge in [-0.15, -0.1) is 0 Å². The molecule has 144 valence electrons.